The number of ether oxygens (including phenoxy) is 1. The van der Waals surface area contributed by atoms with Crippen molar-refractivity contribution in [2.24, 2.45) is 0 Å². The minimum absolute atomic E-state index is 0.156. The lowest BCUT2D eigenvalue weighted by Crippen LogP contribution is -2.44. The second kappa shape index (κ2) is 5.95. The van der Waals surface area contributed by atoms with Gasteiger partial charge in [-0.3, -0.25) is 0 Å². The molecule has 1 fully saturated rings. The molecule has 1 aromatic carbocycles. The summed E-state index contributed by atoms with van der Waals surface area (Å²) < 4.78 is 6.15. The van der Waals surface area contributed by atoms with Gasteiger partial charge in [-0.1, -0.05) is 35.0 Å². The maximum Gasteiger partial charge on any atom is 0.409 e. The molecule has 1 saturated heterocycles. The van der Waals surface area contributed by atoms with E-state index >= 15 is 0 Å². The molecule has 0 aliphatic carbocycles. The highest BCUT2D eigenvalue weighted by molar-refractivity contribution is 9.10. The zero-order chi connectivity index (χ0) is 13.9. The maximum absolute atomic E-state index is 11.7. The van der Waals surface area contributed by atoms with Crippen molar-refractivity contribution in [3.63, 3.8) is 0 Å². The Morgan fingerprint density at radius 1 is 1.32 bits per heavy atom. The first kappa shape index (κ1) is 14.4. The average Bonchev–Trinajstić information content (AvgIpc) is 2.40. The molecule has 1 aromatic rings. The molecule has 1 aliphatic heterocycles. The van der Waals surface area contributed by atoms with Crippen LogP contribution in [0.2, 0.25) is 0 Å². The molecule has 0 saturated carbocycles. The number of hydrogen-bond acceptors (Lipinski definition) is 2. The Balaban J connectivity index is 2.01. The van der Waals surface area contributed by atoms with Gasteiger partial charge < -0.3 is 9.64 Å². The molecule has 1 amide bonds. The quantitative estimate of drug-likeness (QED) is 0.823. The van der Waals surface area contributed by atoms with Crippen molar-refractivity contribution in [1.82, 2.24) is 4.90 Å². The summed E-state index contributed by atoms with van der Waals surface area (Å²) in [6, 6.07) is 8.50. The van der Waals surface area contributed by atoms with Gasteiger partial charge in [-0.2, -0.15) is 0 Å². The lowest BCUT2D eigenvalue weighted by molar-refractivity contribution is 0.0885. The van der Waals surface area contributed by atoms with Gasteiger partial charge >= 0.3 is 6.09 Å². The van der Waals surface area contributed by atoms with Gasteiger partial charge in [0.25, 0.3) is 0 Å². The highest BCUT2D eigenvalue weighted by atomic mass is 79.9. The normalized spacial score (nSPS) is 18.2. The topological polar surface area (TPSA) is 29.5 Å². The zero-order valence-corrected chi connectivity index (χ0v) is 13.1. The van der Waals surface area contributed by atoms with Crippen LogP contribution in [0.4, 0.5) is 4.79 Å². The fraction of sp³-hybridized carbons (Fsp3) is 0.533. The van der Waals surface area contributed by atoms with Gasteiger partial charge in [0.2, 0.25) is 0 Å². The Morgan fingerprint density at radius 2 is 1.89 bits per heavy atom. The van der Waals surface area contributed by atoms with Gasteiger partial charge in [-0.05, 0) is 42.9 Å². The second-order valence-electron chi connectivity index (χ2n) is 5.25. The Hall–Kier alpha value is -1.03. The van der Waals surface area contributed by atoms with E-state index in [1.807, 2.05) is 11.8 Å². The summed E-state index contributed by atoms with van der Waals surface area (Å²) >= 11 is 3.46. The van der Waals surface area contributed by atoms with Crippen LogP contribution in [0.3, 0.4) is 0 Å². The van der Waals surface area contributed by atoms with Crippen molar-refractivity contribution in [2.45, 2.75) is 32.1 Å². The third-order valence-electron chi connectivity index (χ3n) is 3.93. The Morgan fingerprint density at radius 3 is 2.42 bits per heavy atom. The molecule has 0 radical (unpaired) electrons. The SMILES string of the molecule is CCOC(=O)N1CCC(C)(c2ccc(Br)cc2)CC1. The van der Waals surface area contributed by atoms with E-state index in [1.165, 1.54) is 5.56 Å². The van der Waals surface area contributed by atoms with Crippen molar-refractivity contribution in [1.29, 1.82) is 0 Å². The molecular weight excluding hydrogens is 306 g/mol. The number of benzene rings is 1. The number of amides is 1. The molecule has 1 aliphatic rings. The number of halogens is 1. The number of hydrogen-bond donors (Lipinski definition) is 0. The van der Waals surface area contributed by atoms with Gasteiger partial charge in [0.05, 0.1) is 6.61 Å². The van der Waals surface area contributed by atoms with Crippen LogP contribution < -0.4 is 0 Å². The van der Waals surface area contributed by atoms with Gasteiger partial charge in [0.1, 0.15) is 0 Å². The summed E-state index contributed by atoms with van der Waals surface area (Å²) in [5, 5.41) is 0. The van der Waals surface area contributed by atoms with E-state index in [-0.39, 0.29) is 11.5 Å². The number of nitrogens with zero attached hydrogens (tertiary/aromatic N) is 1. The van der Waals surface area contributed by atoms with Crippen molar-refractivity contribution in [2.75, 3.05) is 19.7 Å². The average molecular weight is 326 g/mol. The van der Waals surface area contributed by atoms with Gasteiger partial charge in [-0.25, -0.2) is 4.79 Å². The van der Waals surface area contributed by atoms with Gasteiger partial charge in [0.15, 0.2) is 0 Å². The smallest absolute Gasteiger partial charge is 0.409 e. The molecule has 0 atom stereocenters. The van der Waals surface area contributed by atoms with Gasteiger partial charge in [-0.15, -0.1) is 0 Å². The molecule has 4 heteroatoms. The summed E-state index contributed by atoms with van der Waals surface area (Å²) in [6.45, 7) is 6.10. The van der Waals surface area contributed by atoms with Gasteiger partial charge in [0, 0.05) is 17.6 Å². The minimum Gasteiger partial charge on any atom is -0.450 e. The lowest BCUT2D eigenvalue weighted by Gasteiger charge is -2.39. The molecule has 0 N–H and O–H groups in total. The van der Waals surface area contributed by atoms with E-state index in [0.717, 1.165) is 30.4 Å². The van der Waals surface area contributed by atoms with Crippen LogP contribution in [0.25, 0.3) is 0 Å². The van der Waals surface area contributed by atoms with Crippen molar-refractivity contribution < 1.29 is 9.53 Å². The van der Waals surface area contributed by atoms with E-state index in [1.54, 1.807) is 0 Å². The first-order chi connectivity index (χ1) is 9.05. The van der Waals surface area contributed by atoms with Crippen LogP contribution in [0, 0.1) is 0 Å². The highest BCUT2D eigenvalue weighted by Gasteiger charge is 2.33. The third-order valence-corrected chi connectivity index (χ3v) is 4.46. The molecule has 0 aromatic heterocycles. The first-order valence-corrected chi connectivity index (χ1v) is 7.52. The number of piperidine rings is 1. The monoisotopic (exact) mass is 325 g/mol. The standard InChI is InChI=1S/C15H20BrNO2/c1-3-19-14(18)17-10-8-15(2,9-11-17)12-4-6-13(16)7-5-12/h4-7H,3,8-11H2,1-2H3. The van der Waals surface area contributed by atoms with E-state index in [2.05, 4.69) is 47.1 Å². The third kappa shape index (κ3) is 3.30. The molecular formula is C15H20BrNO2. The molecule has 19 heavy (non-hydrogen) atoms. The molecule has 3 nitrogen and oxygen atoms in total. The number of likely N-dealkylation sites (tertiary alicyclic amines) is 1. The summed E-state index contributed by atoms with van der Waals surface area (Å²) in [5.74, 6) is 0. The summed E-state index contributed by atoms with van der Waals surface area (Å²) in [7, 11) is 0. The predicted octanol–water partition coefficient (Wildman–Crippen LogP) is 3.96. The molecule has 1 heterocycles. The summed E-state index contributed by atoms with van der Waals surface area (Å²) in [4.78, 5) is 13.5. The van der Waals surface area contributed by atoms with Crippen molar-refractivity contribution in [3.05, 3.63) is 34.3 Å². The largest absolute Gasteiger partial charge is 0.450 e. The lowest BCUT2D eigenvalue weighted by atomic mass is 9.75. The second-order valence-corrected chi connectivity index (χ2v) is 6.17. The minimum atomic E-state index is -0.180. The van der Waals surface area contributed by atoms with E-state index in [9.17, 15) is 4.79 Å². The molecule has 2 rings (SSSR count). The predicted molar refractivity (Wildman–Crippen MR) is 79.3 cm³/mol. The van der Waals surface area contributed by atoms with E-state index in [4.69, 9.17) is 4.74 Å². The van der Waals surface area contributed by atoms with Crippen LogP contribution in [-0.2, 0) is 10.2 Å². The van der Waals surface area contributed by atoms with Crippen LogP contribution in [0.5, 0.6) is 0 Å². The Bertz CT molecular complexity index is 436. The highest BCUT2D eigenvalue weighted by Crippen LogP contribution is 2.35. The number of rotatable bonds is 2. The summed E-state index contributed by atoms with van der Waals surface area (Å²) in [5.41, 5.74) is 1.50. The van der Waals surface area contributed by atoms with Crippen LogP contribution in [0.15, 0.2) is 28.7 Å². The van der Waals surface area contributed by atoms with Crippen LogP contribution in [-0.4, -0.2) is 30.7 Å². The zero-order valence-electron chi connectivity index (χ0n) is 11.5. The molecule has 0 unspecified atom stereocenters. The van der Waals surface area contributed by atoms with Crippen LogP contribution in [0.1, 0.15) is 32.3 Å². The fourth-order valence-corrected chi connectivity index (χ4v) is 2.80. The number of carbonyl (C=O) groups is 1. The molecule has 0 spiro atoms. The molecule has 104 valence electrons. The van der Waals surface area contributed by atoms with E-state index in [0.29, 0.717) is 6.61 Å². The number of carbonyl (C=O) groups excluding carboxylic acids is 1. The van der Waals surface area contributed by atoms with Crippen molar-refractivity contribution in [3.8, 4) is 0 Å². The Labute approximate surface area is 123 Å². The molecule has 0 bridgehead atoms. The Kier molecular flexibility index (Phi) is 4.50. The summed E-state index contributed by atoms with van der Waals surface area (Å²) in [6.07, 6.45) is 1.78. The van der Waals surface area contributed by atoms with Crippen molar-refractivity contribution >= 4 is 22.0 Å². The van der Waals surface area contributed by atoms with Crippen LogP contribution >= 0.6 is 15.9 Å². The first-order valence-electron chi connectivity index (χ1n) is 6.73. The fourth-order valence-electron chi connectivity index (χ4n) is 2.54. The maximum atomic E-state index is 11.7. The van der Waals surface area contributed by atoms with E-state index < -0.39 is 0 Å².